The summed E-state index contributed by atoms with van der Waals surface area (Å²) in [6.45, 7) is 3.33. The van der Waals surface area contributed by atoms with Crippen LogP contribution in [-0.4, -0.2) is 12.5 Å². The standard InChI is InChI=1S/C10H13FN2/c1-7-3-4-10(12)9(5-7)6-13-8(2)11/h3-6,8H,12H2,1-2H3/b13-6+. The van der Waals surface area contributed by atoms with E-state index in [1.54, 1.807) is 6.07 Å². The number of aliphatic imine (C=N–C) groups is 1. The van der Waals surface area contributed by atoms with Crippen molar-refractivity contribution in [3.8, 4) is 0 Å². The van der Waals surface area contributed by atoms with Crippen LogP contribution < -0.4 is 5.73 Å². The van der Waals surface area contributed by atoms with Gasteiger partial charge in [0, 0.05) is 17.5 Å². The Kier molecular flexibility index (Phi) is 3.01. The molecule has 0 saturated heterocycles. The second kappa shape index (κ2) is 4.03. The molecule has 0 heterocycles. The average Bonchev–Trinajstić information content (AvgIpc) is 2.06. The van der Waals surface area contributed by atoms with Gasteiger partial charge in [-0.05, 0) is 26.0 Å². The Balaban J connectivity index is 2.93. The Morgan fingerprint density at radius 1 is 1.54 bits per heavy atom. The second-order valence-corrected chi connectivity index (χ2v) is 2.98. The molecule has 70 valence electrons. The molecule has 2 nitrogen and oxygen atoms in total. The highest BCUT2D eigenvalue weighted by atomic mass is 19.1. The van der Waals surface area contributed by atoms with Crippen LogP contribution in [0.3, 0.4) is 0 Å². The molecule has 0 fully saturated rings. The van der Waals surface area contributed by atoms with Gasteiger partial charge in [-0.15, -0.1) is 0 Å². The molecule has 1 rings (SSSR count). The van der Waals surface area contributed by atoms with Gasteiger partial charge in [-0.3, -0.25) is 4.99 Å². The third-order valence-corrected chi connectivity index (χ3v) is 1.66. The van der Waals surface area contributed by atoms with Crippen molar-refractivity contribution in [2.75, 3.05) is 5.73 Å². The summed E-state index contributed by atoms with van der Waals surface area (Å²) in [5, 5.41) is 0. The maximum atomic E-state index is 12.4. The highest BCUT2D eigenvalue weighted by Gasteiger charge is 1.96. The molecule has 0 amide bonds. The first kappa shape index (κ1) is 9.71. The molecular formula is C10H13FN2. The third-order valence-electron chi connectivity index (χ3n) is 1.66. The Hall–Kier alpha value is -1.38. The van der Waals surface area contributed by atoms with Crippen LogP contribution in [0, 0.1) is 6.92 Å². The fourth-order valence-electron chi connectivity index (χ4n) is 0.989. The van der Waals surface area contributed by atoms with Crippen molar-refractivity contribution in [3.05, 3.63) is 29.3 Å². The van der Waals surface area contributed by atoms with E-state index >= 15 is 0 Å². The quantitative estimate of drug-likeness (QED) is 0.423. The largest absolute Gasteiger partial charge is 0.398 e. The predicted molar refractivity (Wildman–Crippen MR) is 53.8 cm³/mol. The highest BCUT2D eigenvalue weighted by molar-refractivity contribution is 5.87. The smallest absolute Gasteiger partial charge is 0.187 e. The lowest BCUT2D eigenvalue weighted by Gasteiger charge is -2.01. The number of hydrogen-bond acceptors (Lipinski definition) is 2. The molecule has 2 N–H and O–H groups in total. The minimum Gasteiger partial charge on any atom is -0.398 e. The lowest BCUT2D eigenvalue weighted by atomic mass is 10.1. The van der Waals surface area contributed by atoms with Crippen LogP contribution in [0.1, 0.15) is 18.1 Å². The number of nitrogens with two attached hydrogens (primary N) is 1. The number of aryl methyl sites for hydroxylation is 1. The SMILES string of the molecule is Cc1ccc(N)c(/C=N/C(C)F)c1. The zero-order chi connectivity index (χ0) is 9.84. The second-order valence-electron chi connectivity index (χ2n) is 2.98. The summed E-state index contributed by atoms with van der Waals surface area (Å²) in [7, 11) is 0. The van der Waals surface area contributed by atoms with Crippen molar-refractivity contribution in [1.29, 1.82) is 0 Å². The topological polar surface area (TPSA) is 38.4 Å². The van der Waals surface area contributed by atoms with Gasteiger partial charge in [0.25, 0.3) is 0 Å². The van der Waals surface area contributed by atoms with Crippen LogP contribution in [0.25, 0.3) is 0 Å². The summed E-state index contributed by atoms with van der Waals surface area (Å²) in [5.74, 6) is 0. The fraction of sp³-hybridized carbons (Fsp3) is 0.300. The molecule has 0 aliphatic carbocycles. The minimum atomic E-state index is -1.18. The molecule has 1 atom stereocenters. The summed E-state index contributed by atoms with van der Waals surface area (Å²) in [6, 6.07) is 5.58. The molecular weight excluding hydrogens is 167 g/mol. The van der Waals surface area contributed by atoms with E-state index in [1.165, 1.54) is 13.1 Å². The van der Waals surface area contributed by atoms with E-state index in [2.05, 4.69) is 4.99 Å². The summed E-state index contributed by atoms with van der Waals surface area (Å²) >= 11 is 0. The van der Waals surface area contributed by atoms with Crippen LogP contribution in [-0.2, 0) is 0 Å². The van der Waals surface area contributed by atoms with Gasteiger partial charge >= 0.3 is 0 Å². The minimum absolute atomic E-state index is 0.620. The summed E-state index contributed by atoms with van der Waals surface area (Å²) in [5.41, 5.74) is 8.14. The number of hydrogen-bond donors (Lipinski definition) is 1. The number of nitrogens with zero attached hydrogens (tertiary/aromatic N) is 1. The molecule has 1 aromatic rings. The zero-order valence-electron chi connectivity index (χ0n) is 7.79. The Labute approximate surface area is 77.3 Å². The van der Waals surface area contributed by atoms with E-state index in [0.29, 0.717) is 5.69 Å². The van der Waals surface area contributed by atoms with Crippen molar-refractivity contribution >= 4 is 11.9 Å². The van der Waals surface area contributed by atoms with E-state index in [1.807, 2.05) is 19.1 Å². The van der Waals surface area contributed by atoms with E-state index < -0.39 is 6.30 Å². The predicted octanol–water partition coefficient (Wildman–Crippen LogP) is 2.31. The number of benzene rings is 1. The van der Waals surface area contributed by atoms with E-state index in [-0.39, 0.29) is 0 Å². The first-order chi connectivity index (χ1) is 6.09. The molecule has 0 radical (unpaired) electrons. The van der Waals surface area contributed by atoms with Crippen molar-refractivity contribution in [2.24, 2.45) is 4.99 Å². The van der Waals surface area contributed by atoms with E-state index in [9.17, 15) is 4.39 Å². The molecule has 0 aliphatic rings. The lowest BCUT2D eigenvalue weighted by molar-refractivity contribution is 0.377. The Morgan fingerprint density at radius 2 is 2.23 bits per heavy atom. The Morgan fingerprint density at radius 3 is 2.85 bits per heavy atom. The molecule has 1 unspecified atom stereocenters. The van der Waals surface area contributed by atoms with Gasteiger partial charge < -0.3 is 5.73 Å². The maximum Gasteiger partial charge on any atom is 0.187 e. The summed E-state index contributed by atoms with van der Waals surface area (Å²) in [6.07, 6.45) is 0.285. The van der Waals surface area contributed by atoms with Crippen LogP contribution in [0.2, 0.25) is 0 Å². The number of halogens is 1. The van der Waals surface area contributed by atoms with Crippen molar-refractivity contribution in [3.63, 3.8) is 0 Å². The van der Waals surface area contributed by atoms with Gasteiger partial charge in [-0.1, -0.05) is 11.6 Å². The van der Waals surface area contributed by atoms with Gasteiger partial charge in [0.05, 0.1) is 0 Å². The van der Waals surface area contributed by atoms with Gasteiger partial charge in [-0.25, -0.2) is 4.39 Å². The molecule has 13 heavy (non-hydrogen) atoms. The van der Waals surface area contributed by atoms with Crippen molar-refractivity contribution < 1.29 is 4.39 Å². The first-order valence-corrected chi connectivity index (χ1v) is 4.13. The monoisotopic (exact) mass is 180 g/mol. The maximum absolute atomic E-state index is 12.4. The van der Waals surface area contributed by atoms with Crippen molar-refractivity contribution in [2.45, 2.75) is 20.1 Å². The fourth-order valence-corrected chi connectivity index (χ4v) is 0.989. The summed E-state index contributed by atoms with van der Waals surface area (Å²) in [4.78, 5) is 3.63. The number of alkyl halides is 1. The lowest BCUT2D eigenvalue weighted by Crippen LogP contribution is -1.95. The molecule has 1 aromatic carbocycles. The molecule has 0 aromatic heterocycles. The van der Waals surface area contributed by atoms with Crippen LogP contribution in [0.5, 0.6) is 0 Å². The molecule has 0 saturated carbocycles. The number of anilines is 1. The van der Waals surface area contributed by atoms with E-state index in [4.69, 9.17) is 5.73 Å². The van der Waals surface area contributed by atoms with Crippen molar-refractivity contribution in [1.82, 2.24) is 0 Å². The molecule has 0 spiro atoms. The normalized spacial score (nSPS) is 13.5. The summed E-state index contributed by atoms with van der Waals surface area (Å²) < 4.78 is 12.4. The van der Waals surface area contributed by atoms with Gasteiger partial charge in [0.15, 0.2) is 6.30 Å². The molecule has 0 aliphatic heterocycles. The van der Waals surface area contributed by atoms with Gasteiger partial charge in [0.2, 0.25) is 0 Å². The van der Waals surface area contributed by atoms with Gasteiger partial charge in [0.1, 0.15) is 0 Å². The highest BCUT2D eigenvalue weighted by Crippen LogP contribution is 2.11. The Bertz CT molecular complexity index is 319. The third kappa shape index (κ3) is 2.86. The number of rotatable bonds is 2. The van der Waals surface area contributed by atoms with Gasteiger partial charge in [-0.2, -0.15) is 0 Å². The molecule has 3 heteroatoms. The van der Waals surface area contributed by atoms with Crippen LogP contribution in [0.15, 0.2) is 23.2 Å². The van der Waals surface area contributed by atoms with E-state index in [0.717, 1.165) is 11.1 Å². The molecule has 0 bridgehead atoms. The first-order valence-electron chi connectivity index (χ1n) is 4.13. The van der Waals surface area contributed by atoms with Crippen LogP contribution in [0.4, 0.5) is 10.1 Å². The van der Waals surface area contributed by atoms with Crippen LogP contribution >= 0.6 is 0 Å². The zero-order valence-corrected chi connectivity index (χ0v) is 7.79. The number of nitrogen functional groups attached to an aromatic ring is 1. The average molecular weight is 180 g/mol.